The van der Waals surface area contributed by atoms with Gasteiger partial charge in [-0.3, -0.25) is 0 Å². The number of rotatable bonds is 2. The normalized spacial score (nSPS) is 16.1. The van der Waals surface area contributed by atoms with E-state index < -0.39 is 0 Å². The zero-order valence-electron chi connectivity index (χ0n) is 5.61. The second kappa shape index (κ2) is 2.83. The van der Waals surface area contributed by atoms with Crippen molar-refractivity contribution in [1.29, 1.82) is 0 Å². The summed E-state index contributed by atoms with van der Waals surface area (Å²) < 4.78 is 0.0712. The number of hydrogen-bond acceptors (Lipinski definition) is 1. The zero-order valence-corrected chi connectivity index (χ0v) is 7.20. The van der Waals surface area contributed by atoms with Crippen molar-refractivity contribution in [2.75, 3.05) is 6.61 Å². The SMILES string of the molecule is CC(CO)C(C)(C)Br. The lowest BCUT2D eigenvalue weighted by atomic mass is 9.99. The number of alkyl halides is 1. The molecule has 0 rings (SSSR count). The summed E-state index contributed by atoms with van der Waals surface area (Å²) in [5.41, 5.74) is 0. The predicted molar refractivity (Wildman–Crippen MR) is 39.3 cm³/mol. The first-order valence-corrected chi connectivity index (χ1v) is 3.57. The molecule has 1 atom stereocenters. The fourth-order valence-electron chi connectivity index (χ4n) is 0.217. The second-order valence-electron chi connectivity index (χ2n) is 2.65. The summed E-state index contributed by atoms with van der Waals surface area (Å²) in [5.74, 6) is 0.322. The second-order valence-corrected chi connectivity index (χ2v) is 4.69. The molecule has 1 N–H and O–H groups in total. The fourth-order valence-corrected chi connectivity index (χ4v) is 0.362. The van der Waals surface area contributed by atoms with Crippen LogP contribution < -0.4 is 0 Å². The molecule has 0 aromatic carbocycles. The van der Waals surface area contributed by atoms with Crippen LogP contribution in [-0.4, -0.2) is 16.0 Å². The highest BCUT2D eigenvalue weighted by Crippen LogP contribution is 2.25. The quantitative estimate of drug-likeness (QED) is 0.644. The molecule has 0 aromatic rings. The zero-order chi connectivity index (χ0) is 6.78. The Kier molecular flexibility index (Phi) is 2.99. The maximum Gasteiger partial charge on any atom is 0.0469 e. The maximum absolute atomic E-state index is 8.64. The van der Waals surface area contributed by atoms with E-state index in [1.807, 2.05) is 20.8 Å². The lowest BCUT2D eigenvalue weighted by Gasteiger charge is -2.22. The summed E-state index contributed by atoms with van der Waals surface area (Å²) in [4.78, 5) is 0. The molecular formula is C6H13BrO. The summed E-state index contributed by atoms with van der Waals surface area (Å²) in [6.07, 6.45) is 0. The van der Waals surface area contributed by atoms with Gasteiger partial charge < -0.3 is 5.11 Å². The van der Waals surface area contributed by atoms with E-state index in [2.05, 4.69) is 15.9 Å². The Hall–Kier alpha value is 0.440. The van der Waals surface area contributed by atoms with Gasteiger partial charge in [-0.2, -0.15) is 0 Å². The van der Waals surface area contributed by atoms with Crippen LogP contribution in [0.3, 0.4) is 0 Å². The molecule has 0 aliphatic heterocycles. The van der Waals surface area contributed by atoms with Crippen LogP contribution >= 0.6 is 15.9 Å². The van der Waals surface area contributed by atoms with E-state index >= 15 is 0 Å². The lowest BCUT2D eigenvalue weighted by molar-refractivity contribution is 0.217. The largest absolute Gasteiger partial charge is 0.396 e. The van der Waals surface area contributed by atoms with E-state index in [0.29, 0.717) is 5.92 Å². The van der Waals surface area contributed by atoms with Crippen molar-refractivity contribution in [3.63, 3.8) is 0 Å². The van der Waals surface area contributed by atoms with E-state index in [4.69, 9.17) is 5.11 Å². The summed E-state index contributed by atoms with van der Waals surface area (Å²) in [7, 11) is 0. The highest BCUT2D eigenvalue weighted by atomic mass is 79.9. The third kappa shape index (κ3) is 2.68. The molecule has 1 unspecified atom stereocenters. The van der Waals surface area contributed by atoms with Gasteiger partial charge in [-0.05, 0) is 19.8 Å². The van der Waals surface area contributed by atoms with Crippen molar-refractivity contribution >= 4 is 15.9 Å². The van der Waals surface area contributed by atoms with Gasteiger partial charge in [-0.1, -0.05) is 22.9 Å². The van der Waals surface area contributed by atoms with E-state index in [1.165, 1.54) is 0 Å². The maximum atomic E-state index is 8.64. The molecule has 2 heteroatoms. The van der Waals surface area contributed by atoms with Crippen LogP contribution in [0, 0.1) is 5.92 Å². The summed E-state index contributed by atoms with van der Waals surface area (Å²) in [5, 5.41) is 8.64. The molecule has 0 aliphatic carbocycles. The highest BCUT2D eigenvalue weighted by Gasteiger charge is 2.20. The van der Waals surface area contributed by atoms with Crippen molar-refractivity contribution in [3.8, 4) is 0 Å². The molecule has 1 nitrogen and oxygen atoms in total. The molecule has 0 spiro atoms. The molecule has 0 aliphatic rings. The van der Waals surface area contributed by atoms with Gasteiger partial charge in [0.2, 0.25) is 0 Å². The highest BCUT2D eigenvalue weighted by molar-refractivity contribution is 9.10. The average Bonchev–Trinajstić information content (AvgIpc) is 1.62. The van der Waals surface area contributed by atoms with E-state index in [9.17, 15) is 0 Å². The predicted octanol–water partition coefficient (Wildman–Crippen LogP) is 1.79. The van der Waals surface area contributed by atoms with Crippen LogP contribution in [-0.2, 0) is 0 Å². The number of aliphatic hydroxyl groups is 1. The van der Waals surface area contributed by atoms with Gasteiger partial charge in [0.05, 0.1) is 0 Å². The summed E-state index contributed by atoms with van der Waals surface area (Å²) in [6.45, 7) is 6.36. The number of halogens is 1. The third-order valence-corrected chi connectivity index (χ3v) is 2.23. The van der Waals surface area contributed by atoms with Crippen molar-refractivity contribution in [3.05, 3.63) is 0 Å². The molecule has 0 bridgehead atoms. The van der Waals surface area contributed by atoms with Crippen molar-refractivity contribution in [2.24, 2.45) is 5.92 Å². The first kappa shape index (κ1) is 8.44. The molecule has 0 saturated carbocycles. The molecule has 0 radical (unpaired) electrons. The van der Waals surface area contributed by atoms with Gasteiger partial charge >= 0.3 is 0 Å². The average molecular weight is 181 g/mol. The first-order chi connectivity index (χ1) is 3.48. The third-order valence-electron chi connectivity index (χ3n) is 1.45. The molecular weight excluding hydrogens is 168 g/mol. The van der Waals surface area contributed by atoms with Crippen LogP contribution in [0.5, 0.6) is 0 Å². The van der Waals surface area contributed by atoms with Crippen LogP contribution in [0.1, 0.15) is 20.8 Å². The Morgan fingerprint density at radius 3 is 2.00 bits per heavy atom. The van der Waals surface area contributed by atoms with E-state index in [0.717, 1.165) is 0 Å². The van der Waals surface area contributed by atoms with Crippen molar-refractivity contribution in [2.45, 2.75) is 25.1 Å². The van der Waals surface area contributed by atoms with Gasteiger partial charge in [-0.25, -0.2) is 0 Å². The molecule has 0 saturated heterocycles. The molecule has 0 fully saturated rings. The van der Waals surface area contributed by atoms with Gasteiger partial charge in [0.15, 0.2) is 0 Å². The Morgan fingerprint density at radius 2 is 2.00 bits per heavy atom. The minimum Gasteiger partial charge on any atom is -0.396 e. The Labute approximate surface area is 59.2 Å². The Morgan fingerprint density at radius 1 is 1.62 bits per heavy atom. The fraction of sp³-hybridized carbons (Fsp3) is 1.00. The summed E-state index contributed by atoms with van der Waals surface area (Å²) in [6, 6.07) is 0. The number of aliphatic hydroxyl groups excluding tert-OH is 1. The monoisotopic (exact) mass is 180 g/mol. The minimum absolute atomic E-state index is 0.0712. The smallest absolute Gasteiger partial charge is 0.0469 e. The van der Waals surface area contributed by atoms with Gasteiger partial charge in [-0.15, -0.1) is 0 Å². The van der Waals surface area contributed by atoms with E-state index in [1.54, 1.807) is 0 Å². The van der Waals surface area contributed by atoms with Gasteiger partial charge in [0, 0.05) is 10.9 Å². The molecule has 50 valence electrons. The minimum atomic E-state index is 0.0712. The van der Waals surface area contributed by atoms with Gasteiger partial charge in [0.1, 0.15) is 0 Å². The van der Waals surface area contributed by atoms with Crippen molar-refractivity contribution < 1.29 is 5.11 Å². The first-order valence-electron chi connectivity index (χ1n) is 2.78. The van der Waals surface area contributed by atoms with Crippen LogP contribution in [0.15, 0.2) is 0 Å². The van der Waals surface area contributed by atoms with Crippen LogP contribution in [0.4, 0.5) is 0 Å². The van der Waals surface area contributed by atoms with Crippen LogP contribution in [0.25, 0.3) is 0 Å². The lowest BCUT2D eigenvalue weighted by Crippen LogP contribution is -2.23. The van der Waals surface area contributed by atoms with E-state index in [-0.39, 0.29) is 10.9 Å². The topological polar surface area (TPSA) is 20.2 Å². The molecule has 0 heterocycles. The molecule has 0 amide bonds. The van der Waals surface area contributed by atoms with Crippen molar-refractivity contribution in [1.82, 2.24) is 0 Å². The standard InChI is InChI=1S/C6H13BrO/c1-5(4-8)6(2,3)7/h5,8H,4H2,1-3H3. The Balaban J connectivity index is 3.62. The van der Waals surface area contributed by atoms with Gasteiger partial charge in [0.25, 0.3) is 0 Å². The summed E-state index contributed by atoms with van der Waals surface area (Å²) >= 11 is 3.44. The Bertz CT molecular complexity index is 65.4. The molecule has 0 aromatic heterocycles. The molecule has 8 heavy (non-hydrogen) atoms. The number of hydrogen-bond donors (Lipinski definition) is 1. The van der Waals surface area contributed by atoms with Crippen LogP contribution in [0.2, 0.25) is 0 Å².